The zero-order chi connectivity index (χ0) is 13.1. The Labute approximate surface area is 120 Å². The third-order valence-corrected chi connectivity index (χ3v) is 4.27. The number of thiophene rings is 1. The Bertz CT molecular complexity index is 590. The molecule has 0 amide bonds. The molecular weight excluding hydrogens is 342 g/mol. The van der Waals surface area contributed by atoms with Crippen LogP contribution in [0.2, 0.25) is 5.02 Å². The summed E-state index contributed by atoms with van der Waals surface area (Å²) in [6.07, 6.45) is 1.38. The van der Waals surface area contributed by atoms with Crippen LogP contribution in [-0.2, 0) is 6.54 Å². The van der Waals surface area contributed by atoms with Crippen LogP contribution in [-0.4, -0.2) is 9.91 Å². The average Bonchev–Trinajstić information content (AvgIpc) is 2.73. The van der Waals surface area contributed by atoms with Crippen molar-refractivity contribution in [2.45, 2.75) is 6.54 Å². The number of rotatable bonds is 4. The van der Waals surface area contributed by atoms with Crippen LogP contribution in [0.15, 0.2) is 28.2 Å². The summed E-state index contributed by atoms with van der Waals surface area (Å²) in [4.78, 5) is 15.3. The minimum absolute atomic E-state index is 0.129. The van der Waals surface area contributed by atoms with Gasteiger partial charge < -0.3 is 5.32 Å². The van der Waals surface area contributed by atoms with Gasteiger partial charge in [-0.1, -0.05) is 11.6 Å². The van der Waals surface area contributed by atoms with Crippen molar-refractivity contribution < 1.29 is 4.92 Å². The highest BCUT2D eigenvalue weighted by molar-refractivity contribution is 9.10. The van der Waals surface area contributed by atoms with Crippen molar-refractivity contribution in [1.82, 2.24) is 4.98 Å². The van der Waals surface area contributed by atoms with Gasteiger partial charge in [-0.25, -0.2) is 4.98 Å². The molecule has 5 nitrogen and oxygen atoms in total. The number of hydrogen-bond acceptors (Lipinski definition) is 5. The molecule has 1 N–H and O–H groups in total. The van der Waals surface area contributed by atoms with Gasteiger partial charge in [-0.3, -0.25) is 10.1 Å². The van der Waals surface area contributed by atoms with Crippen molar-refractivity contribution >= 4 is 50.4 Å². The fourth-order valence-electron chi connectivity index (χ4n) is 1.32. The Morgan fingerprint density at radius 1 is 1.61 bits per heavy atom. The Morgan fingerprint density at radius 3 is 3.00 bits per heavy atom. The molecule has 0 saturated carbocycles. The number of pyridine rings is 1. The standard InChI is InChI=1S/C10H7BrClN3O2S/c11-7-1-2-18-9(7)5-14-10-8(15(16)17)3-6(12)4-13-10/h1-4H,5H2,(H,13,14). The predicted octanol–water partition coefficient (Wildman–Crippen LogP) is 4.08. The predicted molar refractivity (Wildman–Crippen MR) is 75.2 cm³/mol. The van der Waals surface area contributed by atoms with Gasteiger partial charge in [-0.05, 0) is 27.4 Å². The van der Waals surface area contributed by atoms with Gasteiger partial charge in [0, 0.05) is 21.6 Å². The Kier molecular flexibility index (Phi) is 4.15. The van der Waals surface area contributed by atoms with Crippen molar-refractivity contribution in [1.29, 1.82) is 0 Å². The van der Waals surface area contributed by atoms with E-state index in [9.17, 15) is 10.1 Å². The summed E-state index contributed by atoms with van der Waals surface area (Å²) in [5.74, 6) is 0.213. The molecule has 0 aliphatic heterocycles. The third kappa shape index (κ3) is 2.98. The van der Waals surface area contributed by atoms with Crippen molar-refractivity contribution in [3.63, 3.8) is 0 Å². The molecule has 0 aromatic carbocycles. The van der Waals surface area contributed by atoms with Crippen LogP contribution in [0.1, 0.15) is 4.88 Å². The summed E-state index contributed by atoms with van der Waals surface area (Å²) in [7, 11) is 0. The number of nitrogens with one attached hydrogen (secondary N) is 1. The number of nitrogens with zero attached hydrogens (tertiary/aromatic N) is 2. The lowest BCUT2D eigenvalue weighted by molar-refractivity contribution is -0.384. The van der Waals surface area contributed by atoms with E-state index >= 15 is 0 Å². The van der Waals surface area contributed by atoms with E-state index in [4.69, 9.17) is 11.6 Å². The van der Waals surface area contributed by atoms with Gasteiger partial charge in [0.2, 0.25) is 5.82 Å². The molecule has 0 unspecified atom stereocenters. The van der Waals surface area contributed by atoms with Crippen molar-refractivity contribution in [3.8, 4) is 0 Å². The highest BCUT2D eigenvalue weighted by Gasteiger charge is 2.16. The minimum atomic E-state index is -0.509. The summed E-state index contributed by atoms with van der Waals surface area (Å²) in [5.41, 5.74) is -0.129. The minimum Gasteiger partial charge on any atom is -0.359 e. The fourth-order valence-corrected chi connectivity index (χ4v) is 2.90. The van der Waals surface area contributed by atoms with Gasteiger partial charge in [-0.15, -0.1) is 11.3 Å². The molecule has 0 fully saturated rings. The van der Waals surface area contributed by atoms with Gasteiger partial charge in [0.15, 0.2) is 0 Å². The van der Waals surface area contributed by atoms with Gasteiger partial charge in [-0.2, -0.15) is 0 Å². The highest BCUT2D eigenvalue weighted by atomic mass is 79.9. The van der Waals surface area contributed by atoms with E-state index in [1.165, 1.54) is 12.3 Å². The van der Waals surface area contributed by atoms with Crippen LogP contribution in [0.3, 0.4) is 0 Å². The molecular formula is C10H7BrClN3O2S. The van der Waals surface area contributed by atoms with E-state index in [1.807, 2.05) is 11.4 Å². The second kappa shape index (κ2) is 5.64. The molecule has 0 aliphatic rings. The zero-order valence-electron chi connectivity index (χ0n) is 8.89. The lowest BCUT2D eigenvalue weighted by atomic mass is 10.4. The molecule has 0 spiro atoms. The molecule has 2 heterocycles. The summed E-state index contributed by atoms with van der Waals surface area (Å²) < 4.78 is 0.969. The second-order valence-corrected chi connectivity index (χ2v) is 5.62. The van der Waals surface area contributed by atoms with Gasteiger partial charge in [0.25, 0.3) is 0 Å². The Hall–Kier alpha value is -1.18. The van der Waals surface area contributed by atoms with Crippen LogP contribution in [0.25, 0.3) is 0 Å². The summed E-state index contributed by atoms with van der Waals surface area (Å²) >= 11 is 10.6. The van der Waals surface area contributed by atoms with E-state index in [-0.39, 0.29) is 16.5 Å². The number of anilines is 1. The van der Waals surface area contributed by atoms with E-state index in [0.29, 0.717) is 6.54 Å². The van der Waals surface area contributed by atoms with Crippen molar-refractivity contribution in [3.05, 3.63) is 48.2 Å². The van der Waals surface area contributed by atoms with Crippen LogP contribution in [0, 0.1) is 10.1 Å². The first-order valence-electron chi connectivity index (χ1n) is 4.83. The normalized spacial score (nSPS) is 10.3. The van der Waals surface area contributed by atoms with E-state index in [2.05, 4.69) is 26.2 Å². The molecule has 18 heavy (non-hydrogen) atoms. The number of halogens is 2. The molecule has 0 bridgehead atoms. The molecule has 0 saturated heterocycles. The average molecular weight is 349 g/mol. The monoisotopic (exact) mass is 347 g/mol. The maximum Gasteiger partial charge on any atom is 0.312 e. The maximum atomic E-state index is 10.9. The summed E-state index contributed by atoms with van der Waals surface area (Å²) in [6.45, 7) is 0.466. The van der Waals surface area contributed by atoms with E-state index in [0.717, 1.165) is 9.35 Å². The Morgan fingerprint density at radius 2 is 2.39 bits per heavy atom. The van der Waals surface area contributed by atoms with Crippen LogP contribution < -0.4 is 5.32 Å². The maximum absolute atomic E-state index is 10.9. The summed E-state index contributed by atoms with van der Waals surface area (Å²) in [6, 6.07) is 3.20. The molecule has 0 aliphatic carbocycles. The largest absolute Gasteiger partial charge is 0.359 e. The lowest BCUT2D eigenvalue weighted by Crippen LogP contribution is -2.03. The van der Waals surface area contributed by atoms with E-state index in [1.54, 1.807) is 11.3 Å². The molecule has 2 aromatic heterocycles. The number of aromatic nitrogens is 1. The van der Waals surface area contributed by atoms with Crippen LogP contribution in [0.4, 0.5) is 11.5 Å². The Balaban J connectivity index is 2.19. The topological polar surface area (TPSA) is 68.1 Å². The lowest BCUT2D eigenvalue weighted by Gasteiger charge is -2.05. The van der Waals surface area contributed by atoms with E-state index < -0.39 is 4.92 Å². The molecule has 2 aromatic rings. The first-order valence-corrected chi connectivity index (χ1v) is 6.88. The van der Waals surface area contributed by atoms with Gasteiger partial charge in [0.05, 0.1) is 16.5 Å². The fraction of sp³-hybridized carbons (Fsp3) is 0.100. The highest BCUT2D eigenvalue weighted by Crippen LogP contribution is 2.27. The third-order valence-electron chi connectivity index (χ3n) is 2.14. The quantitative estimate of drug-likeness (QED) is 0.668. The molecule has 0 radical (unpaired) electrons. The number of hydrogen-bond donors (Lipinski definition) is 1. The molecule has 0 atom stereocenters. The second-order valence-electron chi connectivity index (χ2n) is 3.32. The first kappa shape index (κ1) is 13.3. The molecule has 8 heteroatoms. The zero-order valence-corrected chi connectivity index (χ0v) is 12.1. The number of nitro groups is 1. The van der Waals surface area contributed by atoms with Gasteiger partial charge in [0.1, 0.15) is 0 Å². The van der Waals surface area contributed by atoms with Crippen LogP contribution >= 0.6 is 38.9 Å². The smallest absolute Gasteiger partial charge is 0.312 e. The first-order chi connectivity index (χ1) is 8.58. The van der Waals surface area contributed by atoms with Gasteiger partial charge >= 0.3 is 5.69 Å². The van der Waals surface area contributed by atoms with Crippen LogP contribution in [0.5, 0.6) is 0 Å². The molecule has 94 valence electrons. The SMILES string of the molecule is O=[N+]([O-])c1cc(Cl)cnc1NCc1sccc1Br. The summed E-state index contributed by atoms with van der Waals surface area (Å²) in [5, 5.41) is 16.0. The molecule has 2 rings (SSSR count). The van der Waals surface area contributed by atoms with Crippen molar-refractivity contribution in [2.75, 3.05) is 5.32 Å². The van der Waals surface area contributed by atoms with Crippen molar-refractivity contribution in [2.24, 2.45) is 0 Å².